The smallest absolute Gasteiger partial charge is 0.284 e. The molecule has 10 heteroatoms. The number of nitrogens with one attached hydrogen (secondary N) is 1. The average Bonchev–Trinajstić information content (AvgIpc) is 3.00. The van der Waals surface area contributed by atoms with Gasteiger partial charge >= 0.3 is 0 Å². The predicted molar refractivity (Wildman–Crippen MR) is 120 cm³/mol. The van der Waals surface area contributed by atoms with E-state index in [2.05, 4.69) is 10.3 Å². The summed E-state index contributed by atoms with van der Waals surface area (Å²) in [6.45, 7) is 1.72. The van der Waals surface area contributed by atoms with Gasteiger partial charge in [-0.05, 0) is 31.2 Å². The van der Waals surface area contributed by atoms with Crippen LogP contribution in [-0.2, 0) is 7.05 Å². The van der Waals surface area contributed by atoms with Crippen molar-refractivity contribution >= 4 is 23.3 Å². The number of para-hydroxylation sites is 1. The number of rotatable bonds is 5. The quantitative estimate of drug-likeness (QED) is 0.358. The van der Waals surface area contributed by atoms with Crippen LogP contribution < -0.4 is 26.1 Å². The van der Waals surface area contributed by atoms with Crippen molar-refractivity contribution in [1.29, 1.82) is 0 Å². The third-order valence-electron chi connectivity index (χ3n) is 4.88. The molecule has 0 radical (unpaired) electrons. The van der Waals surface area contributed by atoms with Gasteiger partial charge in [0.05, 0.1) is 17.6 Å². The van der Waals surface area contributed by atoms with Gasteiger partial charge in [0.15, 0.2) is 5.75 Å². The molecule has 0 bridgehead atoms. The Kier molecular flexibility index (Phi) is 5.65. The van der Waals surface area contributed by atoms with Crippen molar-refractivity contribution < 1.29 is 14.2 Å². The highest BCUT2D eigenvalue weighted by Crippen LogP contribution is 2.27. The number of carbonyl (C=O) groups is 1. The first-order chi connectivity index (χ1) is 15.3. The molecular formula is C22H20ClN6O3+. The van der Waals surface area contributed by atoms with E-state index in [1.165, 1.54) is 21.8 Å². The maximum Gasteiger partial charge on any atom is 0.284 e. The number of nitrogens with zero attached hydrogens (tertiary/aromatic N) is 4. The van der Waals surface area contributed by atoms with E-state index in [0.717, 1.165) is 0 Å². The van der Waals surface area contributed by atoms with Crippen molar-refractivity contribution in [2.75, 3.05) is 11.2 Å². The minimum Gasteiger partial charge on any atom is -0.454 e. The van der Waals surface area contributed by atoms with E-state index in [4.69, 9.17) is 22.2 Å². The largest absolute Gasteiger partial charge is 0.454 e. The molecule has 0 saturated carbocycles. The van der Waals surface area contributed by atoms with Crippen LogP contribution >= 0.6 is 11.6 Å². The summed E-state index contributed by atoms with van der Waals surface area (Å²) >= 11 is 6.10. The third-order valence-corrected chi connectivity index (χ3v) is 5.17. The fourth-order valence-electron chi connectivity index (χ4n) is 3.20. The highest BCUT2D eigenvalue weighted by molar-refractivity contribution is 6.31. The molecule has 0 unspecified atom stereocenters. The summed E-state index contributed by atoms with van der Waals surface area (Å²) in [6, 6.07) is 13.9. The topological polar surface area (TPSA) is 108 Å². The van der Waals surface area contributed by atoms with Crippen LogP contribution in [0.1, 0.15) is 16.1 Å². The molecule has 1 amide bonds. The van der Waals surface area contributed by atoms with E-state index in [9.17, 15) is 9.59 Å². The molecule has 0 fully saturated rings. The minimum atomic E-state index is -0.544. The Morgan fingerprint density at radius 1 is 1.19 bits per heavy atom. The number of aromatic nitrogens is 4. The first kappa shape index (κ1) is 21.1. The average molecular weight is 452 g/mol. The van der Waals surface area contributed by atoms with Crippen molar-refractivity contribution in [3.05, 3.63) is 93.8 Å². The third kappa shape index (κ3) is 4.06. The molecule has 3 aromatic heterocycles. The van der Waals surface area contributed by atoms with E-state index in [1.807, 2.05) is 18.2 Å². The lowest BCUT2D eigenvalue weighted by Crippen LogP contribution is -2.43. The van der Waals surface area contributed by atoms with Crippen molar-refractivity contribution in [3.63, 3.8) is 0 Å². The van der Waals surface area contributed by atoms with Crippen molar-refractivity contribution in [2.45, 2.75) is 6.92 Å². The van der Waals surface area contributed by atoms with Crippen LogP contribution in [0.5, 0.6) is 11.5 Å². The van der Waals surface area contributed by atoms with Gasteiger partial charge < -0.3 is 10.1 Å². The molecule has 1 aromatic carbocycles. The molecule has 0 aliphatic rings. The van der Waals surface area contributed by atoms with Crippen LogP contribution in [0, 0.1) is 6.92 Å². The zero-order valence-corrected chi connectivity index (χ0v) is 18.1. The molecule has 0 aliphatic carbocycles. The number of amides is 1. The van der Waals surface area contributed by atoms with Gasteiger partial charge in [-0.1, -0.05) is 34.5 Å². The van der Waals surface area contributed by atoms with Crippen molar-refractivity contribution in [2.24, 2.45) is 7.05 Å². The Morgan fingerprint density at radius 2 is 1.94 bits per heavy atom. The number of ether oxygens (including phenoxy) is 1. The second-order valence-electron chi connectivity index (χ2n) is 6.98. The predicted octanol–water partition coefficient (Wildman–Crippen LogP) is 2.58. The molecule has 4 aromatic rings. The van der Waals surface area contributed by atoms with Gasteiger partial charge in [-0.3, -0.25) is 14.3 Å². The Labute approximate surface area is 188 Å². The van der Waals surface area contributed by atoms with Gasteiger partial charge in [0.25, 0.3) is 11.5 Å². The maximum atomic E-state index is 13.0. The zero-order chi connectivity index (χ0) is 22.8. The summed E-state index contributed by atoms with van der Waals surface area (Å²) in [6.07, 6.45) is 4.53. The van der Waals surface area contributed by atoms with Gasteiger partial charge in [0, 0.05) is 13.1 Å². The van der Waals surface area contributed by atoms with Gasteiger partial charge in [0.2, 0.25) is 12.4 Å². The maximum absolute atomic E-state index is 13.0. The fourth-order valence-corrected chi connectivity index (χ4v) is 3.42. The lowest BCUT2D eigenvalue weighted by Gasteiger charge is -2.07. The van der Waals surface area contributed by atoms with E-state index in [1.54, 1.807) is 55.2 Å². The van der Waals surface area contributed by atoms with E-state index in [-0.39, 0.29) is 11.4 Å². The number of nitrogens with two attached hydrogens (primary N) is 1. The molecule has 32 heavy (non-hydrogen) atoms. The number of halogens is 1. The van der Waals surface area contributed by atoms with Crippen LogP contribution in [0.25, 0.3) is 5.69 Å². The fraction of sp³-hybridized carbons (Fsp3) is 0.0909. The standard InChI is InChI=1S/C22H19ClN6O3/c1-14-20(22(31)29(27(14)2)15-6-4-3-5-7-15)21(30)26-19-9-8-16(12-25-19)32-18-10-11-28(24)13-17(18)23/h3-13H,24H2,1-2H3/p+1. The van der Waals surface area contributed by atoms with Gasteiger partial charge in [-0.25, -0.2) is 15.5 Å². The van der Waals surface area contributed by atoms with Crippen LogP contribution in [0.2, 0.25) is 5.02 Å². The summed E-state index contributed by atoms with van der Waals surface area (Å²) in [5.74, 6) is 6.16. The van der Waals surface area contributed by atoms with Gasteiger partial charge in [-0.2, -0.15) is 0 Å². The molecule has 0 atom stereocenters. The lowest BCUT2D eigenvalue weighted by atomic mass is 10.2. The first-order valence-corrected chi connectivity index (χ1v) is 9.98. The SMILES string of the molecule is Cc1c(C(=O)Nc2ccc(Oc3cc[n+](N)cc3Cl)cn2)c(=O)n(-c2ccccc2)n1C. The number of carbonyl (C=O) groups excluding carboxylic acids is 1. The number of hydrogen-bond acceptors (Lipinski definition) is 5. The number of nitrogen functional groups attached to an aromatic ring is 1. The van der Waals surface area contributed by atoms with E-state index in [0.29, 0.717) is 27.9 Å². The molecule has 0 spiro atoms. The number of pyridine rings is 2. The van der Waals surface area contributed by atoms with Crippen LogP contribution in [-0.4, -0.2) is 20.3 Å². The summed E-state index contributed by atoms with van der Waals surface area (Å²) in [5.41, 5.74) is 0.836. The molecule has 0 saturated heterocycles. The Morgan fingerprint density at radius 3 is 2.59 bits per heavy atom. The van der Waals surface area contributed by atoms with Crippen molar-refractivity contribution in [1.82, 2.24) is 14.3 Å². The zero-order valence-electron chi connectivity index (χ0n) is 17.3. The van der Waals surface area contributed by atoms with Crippen LogP contribution in [0.3, 0.4) is 0 Å². The summed E-state index contributed by atoms with van der Waals surface area (Å²) in [5, 5.41) is 3.00. The Balaban J connectivity index is 1.54. The Hall–Kier alpha value is -4.11. The lowest BCUT2D eigenvalue weighted by molar-refractivity contribution is -0.638. The first-order valence-electron chi connectivity index (χ1n) is 9.60. The number of hydrogen-bond donors (Lipinski definition) is 2. The summed E-state index contributed by atoms with van der Waals surface area (Å²) in [4.78, 5) is 30.0. The molecule has 4 rings (SSSR count). The number of benzene rings is 1. The summed E-state index contributed by atoms with van der Waals surface area (Å²) in [7, 11) is 1.73. The normalized spacial score (nSPS) is 10.7. The van der Waals surface area contributed by atoms with Crippen LogP contribution in [0.4, 0.5) is 5.82 Å². The van der Waals surface area contributed by atoms with Gasteiger partial charge in [-0.15, -0.1) is 0 Å². The highest BCUT2D eigenvalue weighted by atomic mass is 35.5. The van der Waals surface area contributed by atoms with Crippen molar-refractivity contribution in [3.8, 4) is 17.2 Å². The second kappa shape index (κ2) is 8.56. The molecule has 162 valence electrons. The van der Waals surface area contributed by atoms with Crippen LogP contribution in [0.15, 0.2) is 71.9 Å². The molecule has 3 heterocycles. The number of anilines is 1. The summed E-state index contributed by atoms with van der Waals surface area (Å²) < 4.78 is 10.1. The van der Waals surface area contributed by atoms with E-state index >= 15 is 0 Å². The monoisotopic (exact) mass is 451 g/mol. The molecule has 3 N–H and O–H groups in total. The van der Waals surface area contributed by atoms with Gasteiger partial charge in [0.1, 0.15) is 22.2 Å². The highest BCUT2D eigenvalue weighted by Gasteiger charge is 2.22. The molecule has 0 aliphatic heterocycles. The molecular weight excluding hydrogens is 432 g/mol. The van der Waals surface area contributed by atoms with E-state index < -0.39 is 11.5 Å². The second-order valence-corrected chi connectivity index (χ2v) is 7.38. The molecule has 9 nitrogen and oxygen atoms in total. The minimum absolute atomic E-state index is 0.0460. The Bertz CT molecular complexity index is 1350.